The second-order valence-electron chi connectivity index (χ2n) is 2.84. The van der Waals surface area contributed by atoms with Crippen LogP contribution in [0.3, 0.4) is 0 Å². The molecule has 0 aliphatic carbocycles. The number of carbonyl (C=O) groups excluding carboxylic acids is 2. The molecular formula is C10H6O6. The Labute approximate surface area is 89.1 Å². The maximum absolute atomic E-state index is 10.8. The van der Waals surface area contributed by atoms with Crippen molar-refractivity contribution in [2.75, 3.05) is 0 Å². The zero-order chi connectivity index (χ0) is 12.3. The monoisotopic (exact) mass is 222 g/mol. The summed E-state index contributed by atoms with van der Waals surface area (Å²) in [5, 5.41) is 17.5. The van der Waals surface area contributed by atoms with E-state index in [-0.39, 0.29) is 11.8 Å². The van der Waals surface area contributed by atoms with Gasteiger partial charge in [0.1, 0.15) is 0 Å². The molecule has 82 valence electrons. The number of carboxylic acid groups (broad SMARTS) is 2. The van der Waals surface area contributed by atoms with Crippen LogP contribution < -0.4 is 0 Å². The van der Waals surface area contributed by atoms with E-state index in [1.807, 2.05) is 0 Å². The Hall–Kier alpha value is -2.50. The Balaban J connectivity index is 3.69. The van der Waals surface area contributed by atoms with Gasteiger partial charge in [-0.05, 0) is 6.07 Å². The number of rotatable bonds is 4. The molecule has 0 saturated carbocycles. The van der Waals surface area contributed by atoms with E-state index in [4.69, 9.17) is 10.2 Å². The van der Waals surface area contributed by atoms with Crippen LogP contribution in [0.5, 0.6) is 0 Å². The highest BCUT2D eigenvalue weighted by Crippen LogP contribution is 2.17. The molecule has 0 aliphatic rings. The van der Waals surface area contributed by atoms with Gasteiger partial charge in [0.2, 0.25) is 0 Å². The minimum absolute atomic E-state index is 0.152. The van der Waals surface area contributed by atoms with Gasteiger partial charge in [0.05, 0.1) is 11.1 Å². The molecule has 2 N–H and O–H groups in total. The van der Waals surface area contributed by atoms with Crippen molar-refractivity contribution in [2.45, 2.75) is 0 Å². The van der Waals surface area contributed by atoms with Crippen LogP contribution in [0.1, 0.15) is 41.4 Å². The first-order valence-corrected chi connectivity index (χ1v) is 4.06. The Morgan fingerprint density at radius 1 is 1.00 bits per heavy atom. The van der Waals surface area contributed by atoms with Crippen LogP contribution in [0.4, 0.5) is 0 Å². The first-order valence-electron chi connectivity index (χ1n) is 4.06. The third-order valence-corrected chi connectivity index (χ3v) is 1.97. The van der Waals surface area contributed by atoms with Gasteiger partial charge in [-0.2, -0.15) is 0 Å². The number of aldehydes is 2. The fraction of sp³-hybridized carbons (Fsp3) is 0. The smallest absolute Gasteiger partial charge is 0.337 e. The normalized spacial score (nSPS) is 9.50. The summed E-state index contributed by atoms with van der Waals surface area (Å²) < 4.78 is 0. The van der Waals surface area contributed by atoms with Gasteiger partial charge in [-0.1, -0.05) is 6.07 Å². The van der Waals surface area contributed by atoms with Crippen LogP contribution in [0.15, 0.2) is 12.1 Å². The van der Waals surface area contributed by atoms with E-state index in [0.717, 1.165) is 12.1 Å². The lowest BCUT2D eigenvalue weighted by atomic mass is 9.97. The van der Waals surface area contributed by atoms with E-state index < -0.39 is 28.6 Å². The van der Waals surface area contributed by atoms with Gasteiger partial charge in [-0.15, -0.1) is 0 Å². The Morgan fingerprint density at radius 2 is 1.62 bits per heavy atom. The van der Waals surface area contributed by atoms with Gasteiger partial charge < -0.3 is 10.2 Å². The zero-order valence-corrected chi connectivity index (χ0v) is 7.84. The predicted octanol–water partition coefficient (Wildman–Crippen LogP) is 0.708. The average molecular weight is 222 g/mol. The van der Waals surface area contributed by atoms with E-state index in [1.165, 1.54) is 0 Å². The minimum atomic E-state index is -1.57. The van der Waals surface area contributed by atoms with E-state index >= 15 is 0 Å². The summed E-state index contributed by atoms with van der Waals surface area (Å²) in [6.07, 6.45) is 0.446. The summed E-state index contributed by atoms with van der Waals surface area (Å²) in [5.74, 6) is -3.04. The number of hydrogen-bond donors (Lipinski definition) is 2. The van der Waals surface area contributed by atoms with Crippen molar-refractivity contribution in [3.05, 3.63) is 34.4 Å². The van der Waals surface area contributed by atoms with E-state index in [0.29, 0.717) is 6.29 Å². The van der Waals surface area contributed by atoms with Gasteiger partial charge >= 0.3 is 11.9 Å². The number of benzene rings is 1. The maximum Gasteiger partial charge on any atom is 0.337 e. The highest BCUT2D eigenvalue weighted by Gasteiger charge is 2.22. The fourth-order valence-electron chi connectivity index (χ4n) is 1.27. The molecule has 0 heterocycles. The molecule has 0 fully saturated rings. The molecule has 0 atom stereocenters. The molecule has 6 nitrogen and oxygen atoms in total. The van der Waals surface area contributed by atoms with Crippen molar-refractivity contribution in [2.24, 2.45) is 0 Å². The fourth-order valence-corrected chi connectivity index (χ4v) is 1.27. The molecule has 0 aliphatic heterocycles. The highest BCUT2D eigenvalue weighted by molar-refractivity contribution is 6.09. The van der Waals surface area contributed by atoms with Crippen LogP contribution >= 0.6 is 0 Å². The topological polar surface area (TPSA) is 109 Å². The highest BCUT2D eigenvalue weighted by atomic mass is 16.4. The molecule has 1 aromatic carbocycles. The molecule has 1 aromatic rings. The van der Waals surface area contributed by atoms with E-state index in [9.17, 15) is 19.2 Å². The molecule has 0 bridgehead atoms. The third-order valence-electron chi connectivity index (χ3n) is 1.97. The molecule has 6 heteroatoms. The first kappa shape index (κ1) is 11.6. The predicted molar refractivity (Wildman–Crippen MR) is 51.1 cm³/mol. The van der Waals surface area contributed by atoms with Crippen molar-refractivity contribution >= 4 is 24.5 Å². The standard InChI is InChI=1S/C10H6O6/c11-3-5-1-2-6(9(13)14)8(10(15)16)7(5)4-12/h1-4H,(H,13,14)(H,15,16). The van der Waals surface area contributed by atoms with Crippen molar-refractivity contribution < 1.29 is 29.4 Å². The Kier molecular flexibility index (Phi) is 3.14. The van der Waals surface area contributed by atoms with Crippen LogP contribution in [0.2, 0.25) is 0 Å². The lowest BCUT2D eigenvalue weighted by molar-refractivity contribution is 0.0650. The third kappa shape index (κ3) is 1.81. The molecule has 0 saturated heterocycles. The molecule has 1 rings (SSSR count). The maximum atomic E-state index is 10.8. The largest absolute Gasteiger partial charge is 0.478 e. The number of hydrogen-bond acceptors (Lipinski definition) is 4. The van der Waals surface area contributed by atoms with Gasteiger partial charge in [0.25, 0.3) is 0 Å². The van der Waals surface area contributed by atoms with E-state index in [1.54, 1.807) is 0 Å². The molecule has 0 unspecified atom stereocenters. The first-order chi connectivity index (χ1) is 7.52. The van der Waals surface area contributed by atoms with Gasteiger partial charge in [0, 0.05) is 11.1 Å². The lowest BCUT2D eigenvalue weighted by Gasteiger charge is -2.06. The molecule has 0 radical (unpaired) electrons. The molecule has 0 spiro atoms. The van der Waals surface area contributed by atoms with Gasteiger partial charge in [-0.25, -0.2) is 9.59 Å². The summed E-state index contributed by atoms with van der Waals surface area (Å²) >= 11 is 0. The summed E-state index contributed by atoms with van der Waals surface area (Å²) in [6, 6.07) is 2.06. The van der Waals surface area contributed by atoms with Crippen molar-refractivity contribution in [1.82, 2.24) is 0 Å². The summed E-state index contributed by atoms with van der Waals surface area (Å²) in [6.45, 7) is 0. The average Bonchev–Trinajstić information content (AvgIpc) is 2.26. The van der Waals surface area contributed by atoms with Crippen LogP contribution in [-0.4, -0.2) is 34.7 Å². The summed E-state index contributed by atoms with van der Waals surface area (Å²) in [7, 11) is 0. The Bertz CT molecular complexity index is 488. The molecule has 0 amide bonds. The van der Waals surface area contributed by atoms with Crippen molar-refractivity contribution in [3.63, 3.8) is 0 Å². The molecule has 16 heavy (non-hydrogen) atoms. The van der Waals surface area contributed by atoms with Crippen LogP contribution in [-0.2, 0) is 0 Å². The Morgan fingerprint density at radius 3 is 2.00 bits per heavy atom. The SMILES string of the molecule is O=Cc1ccc(C(=O)O)c(C(=O)O)c1C=O. The van der Waals surface area contributed by atoms with Crippen LogP contribution in [0.25, 0.3) is 0 Å². The van der Waals surface area contributed by atoms with Crippen LogP contribution in [0, 0.1) is 0 Å². The molecular weight excluding hydrogens is 216 g/mol. The van der Waals surface area contributed by atoms with E-state index in [2.05, 4.69) is 0 Å². The second-order valence-corrected chi connectivity index (χ2v) is 2.84. The number of aromatic carboxylic acids is 2. The minimum Gasteiger partial charge on any atom is -0.478 e. The second kappa shape index (κ2) is 4.35. The van der Waals surface area contributed by atoms with Crippen molar-refractivity contribution in [1.29, 1.82) is 0 Å². The molecule has 0 aromatic heterocycles. The summed E-state index contributed by atoms with van der Waals surface area (Å²) in [4.78, 5) is 42.8. The number of carboxylic acids is 2. The number of carbonyl (C=O) groups is 4. The van der Waals surface area contributed by atoms with Gasteiger partial charge in [0.15, 0.2) is 12.6 Å². The van der Waals surface area contributed by atoms with Crippen molar-refractivity contribution in [3.8, 4) is 0 Å². The lowest BCUT2D eigenvalue weighted by Crippen LogP contribution is -2.13. The summed E-state index contributed by atoms with van der Waals surface area (Å²) in [5.41, 5.74) is -1.79. The quantitative estimate of drug-likeness (QED) is 0.726. The zero-order valence-electron chi connectivity index (χ0n) is 7.84. The van der Waals surface area contributed by atoms with Gasteiger partial charge in [-0.3, -0.25) is 9.59 Å².